The highest BCUT2D eigenvalue weighted by molar-refractivity contribution is 7.07. The van der Waals surface area contributed by atoms with Crippen LogP contribution in [0.2, 0.25) is 0 Å². The van der Waals surface area contributed by atoms with E-state index in [2.05, 4.69) is 56.3 Å². The molecule has 7 heteroatoms. The Bertz CT molecular complexity index is 675. The Labute approximate surface area is 121 Å². The summed E-state index contributed by atoms with van der Waals surface area (Å²) in [5.74, 6) is 0.757. The van der Waals surface area contributed by atoms with Crippen LogP contribution in [0.4, 0.5) is 5.82 Å². The van der Waals surface area contributed by atoms with Crippen molar-refractivity contribution in [2.24, 2.45) is 0 Å². The molecule has 0 aliphatic heterocycles. The van der Waals surface area contributed by atoms with E-state index in [1.165, 1.54) is 5.56 Å². The molecule has 0 radical (unpaired) electrons. The Morgan fingerprint density at radius 2 is 2.35 bits per heavy atom. The van der Waals surface area contributed by atoms with Crippen LogP contribution in [0.3, 0.4) is 0 Å². The van der Waals surface area contributed by atoms with Crippen LogP contribution in [-0.4, -0.2) is 45.1 Å². The lowest BCUT2D eigenvalue weighted by Gasteiger charge is -2.24. The van der Waals surface area contributed by atoms with Gasteiger partial charge in [0.25, 0.3) is 0 Å². The Kier molecular flexibility index (Phi) is 3.62. The number of likely N-dealkylation sites (N-methyl/N-ethyl adjacent to an activating group) is 1. The lowest BCUT2D eigenvalue weighted by molar-refractivity contribution is 0.312. The Morgan fingerprint density at radius 3 is 3.10 bits per heavy atom. The van der Waals surface area contributed by atoms with Crippen LogP contribution < -0.4 is 5.32 Å². The summed E-state index contributed by atoms with van der Waals surface area (Å²) in [6.45, 7) is 0.767. The molecular formula is C13H16N6S. The fourth-order valence-corrected chi connectivity index (χ4v) is 2.85. The number of fused-ring (bicyclic) bond motifs is 1. The summed E-state index contributed by atoms with van der Waals surface area (Å²) >= 11 is 1.71. The summed E-state index contributed by atoms with van der Waals surface area (Å²) < 4.78 is 1.85. The molecule has 104 valence electrons. The largest absolute Gasteiger partial charge is 0.365 e. The Morgan fingerprint density at radius 1 is 1.45 bits per heavy atom. The third-order valence-corrected chi connectivity index (χ3v) is 3.93. The van der Waals surface area contributed by atoms with E-state index in [-0.39, 0.29) is 0 Å². The standard InChI is InChI=1S/C13H16N6S/c1-18(2)11(10-3-6-20-8-10)7-15-12-13-17-16-9-19(13)5-4-14-12/h3-6,8-9,11H,7H2,1-2H3,(H,14,15). The van der Waals surface area contributed by atoms with Crippen molar-refractivity contribution in [3.05, 3.63) is 41.1 Å². The number of nitrogens with one attached hydrogen (secondary N) is 1. The molecule has 20 heavy (non-hydrogen) atoms. The molecule has 0 fully saturated rings. The lowest BCUT2D eigenvalue weighted by Crippen LogP contribution is -2.26. The van der Waals surface area contributed by atoms with Gasteiger partial charge in [-0.1, -0.05) is 0 Å². The minimum atomic E-state index is 0.297. The zero-order chi connectivity index (χ0) is 13.9. The quantitative estimate of drug-likeness (QED) is 0.777. The second kappa shape index (κ2) is 5.56. The first-order valence-electron chi connectivity index (χ1n) is 6.32. The molecule has 0 bridgehead atoms. The van der Waals surface area contributed by atoms with Crippen LogP contribution in [0.5, 0.6) is 0 Å². The van der Waals surface area contributed by atoms with Crippen LogP contribution in [-0.2, 0) is 0 Å². The first kappa shape index (κ1) is 13.0. The van der Waals surface area contributed by atoms with Crippen LogP contribution in [0.15, 0.2) is 35.5 Å². The third kappa shape index (κ3) is 2.50. The molecule has 3 heterocycles. The molecule has 0 saturated heterocycles. The van der Waals surface area contributed by atoms with Crippen molar-refractivity contribution >= 4 is 22.8 Å². The fraction of sp³-hybridized carbons (Fsp3) is 0.308. The molecule has 1 atom stereocenters. The smallest absolute Gasteiger partial charge is 0.203 e. The molecule has 0 aliphatic carbocycles. The van der Waals surface area contributed by atoms with Gasteiger partial charge in [-0.25, -0.2) is 4.98 Å². The maximum Gasteiger partial charge on any atom is 0.203 e. The van der Waals surface area contributed by atoms with Gasteiger partial charge in [0.15, 0.2) is 5.82 Å². The van der Waals surface area contributed by atoms with Gasteiger partial charge in [-0.15, -0.1) is 10.2 Å². The topological polar surface area (TPSA) is 58.4 Å². The van der Waals surface area contributed by atoms with Crippen LogP contribution in [0, 0.1) is 0 Å². The SMILES string of the molecule is CN(C)C(CNc1nccn2cnnc12)c1ccsc1. The summed E-state index contributed by atoms with van der Waals surface area (Å²) in [5.41, 5.74) is 2.05. The molecule has 1 unspecified atom stereocenters. The van der Waals surface area contributed by atoms with Gasteiger partial charge in [-0.3, -0.25) is 4.40 Å². The first-order chi connectivity index (χ1) is 9.75. The number of hydrogen-bond donors (Lipinski definition) is 1. The van der Waals surface area contributed by atoms with Gasteiger partial charge in [0, 0.05) is 18.9 Å². The summed E-state index contributed by atoms with van der Waals surface area (Å²) in [7, 11) is 4.16. The van der Waals surface area contributed by atoms with Gasteiger partial charge < -0.3 is 10.2 Å². The highest BCUT2D eigenvalue weighted by atomic mass is 32.1. The predicted octanol–water partition coefficient (Wildman–Crippen LogP) is 1.90. The summed E-state index contributed by atoms with van der Waals surface area (Å²) in [6, 6.07) is 2.45. The van der Waals surface area contributed by atoms with E-state index < -0.39 is 0 Å². The molecular weight excluding hydrogens is 272 g/mol. The molecule has 1 N–H and O–H groups in total. The number of rotatable bonds is 5. The van der Waals surface area contributed by atoms with Gasteiger partial charge in [0.1, 0.15) is 6.33 Å². The third-order valence-electron chi connectivity index (χ3n) is 3.23. The van der Waals surface area contributed by atoms with Gasteiger partial charge in [0.2, 0.25) is 5.65 Å². The van der Waals surface area contributed by atoms with E-state index in [1.807, 2.05) is 10.6 Å². The van der Waals surface area contributed by atoms with Crippen LogP contribution in [0.1, 0.15) is 11.6 Å². The second-order valence-corrected chi connectivity index (χ2v) is 5.53. The summed E-state index contributed by atoms with van der Waals surface area (Å²) in [6.07, 6.45) is 5.25. The normalized spacial score (nSPS) is 12.9. The van der Waals surface area contributed by atoms with E-state index in [0.29, 0.717) is 6.04 Å². The molecule has 0 spiro atoms. The minimum absolute atomic E-state index is 0.297. The molecule has 6 nitrogen and oxygen atoms in total. The van der Waals surface area contributed by atoms with Crippen molar-refractivity contribution in [1.29, 1.82) is 0 Å². The van der Waals surface area contributed by atoms with E-state index >= 15 is 0 Å². The van der Waals surface area contributed by atoms with Crippen molar-refractivity contribution in [3.8, 4) is 0 Å². The average Bonchev–Trinajstić information content (AvgIpc) is 3.09. The fourth-order valence-electron chi connectivity index (χ4n) is 2.14. The molecule has 0 saturated carbocycles. The average molecular weight is 288 g/mol. The zero-order valence-corrected chi connectivity index (χ0v) is 12.2. The Hall–Kier alpha value is -1.99. The van der Waals surface area contributed by atoms with Crippen molar-refractivity contribution in [2.45, 2.75) is 6.04 Å². The van der Waals surface area contributed by atoms with Crippen molar-refractivity contribution in [3.63, 3.8) is 0 Å². The zero-order valence-electron chi connectivity index (χ0n) is 11.4. The predicted molar refractivity (Wildman–Crippen MR) is 80.0 cm³/mol. The molecule has 0 aromatic carbocycles. The van der Waals surface area contributed by atoms with Crippen molar-refractivity contribution < 1.29 is 0 Å². The molecule has 3 aromatic rings. The van der Waals surface area contributed by atoms with E-state index in [0.717, 1.165) is 18.0 Å². The van der Waals surface area contributed by atoms with Gasteiger partial charge in [-0.2, -0.15) is 11.3 Å². The lowest BCUT2D eigenvalue weighted by atomic mass is 10.1. The molecule has 0 aliphatic rings. The minimum Gasteiger partial charge on any atom is -0.365 e. The van der Waals surface area contributed by atoms with E-state index in [9.17, 15) is 0 Å². The van der Waals surface area contributed by atoms with Gasteiger partial charge in [0.05, 0.1) is 6.04 Å². The number of nitrogens with zero attached hydrogens (tertiary/aromatic N) is 5. The van der Waals surface area contributed by atoms with Crippen molar-refractivity contribution in [2.75, 3.05) is 26.0 Å². The van der Waals surface area contributed by atoms with E-state index in [4.69, 9.17) is 0 Å². The maximum atomic E-state index is 4.34. The van der Waals surface area contributed by atoms with Crippen LogP contribution in [0.25, 0.3) is 5.65 Å². The van der Waals surface area contributed by atoms with Crippen molar-refractivity contribution in [1.82, 2.24) is 24.5 Å². The monoisotopic (exact) mass is 288 g/mol. The van der Waals surface area contributed by atoms with E-state index in [1.54, 1.807) is 23.9 Å². The summed E-state index contributed by atoms with van der Waals surface area (Å²) in [5, 5.41) is 15.6. The summed E-state index contributed by atoms with van der Waals surface area (Å²) in [4.78, 5) is 6.53. The number of thiophene rings is 1. The van der Waals surface area contributed by atoms with Crippen LogP contribution >= 0.6 is 11.3 Å². The molecule has 3 rings (SSSR count). The highest BCUT2D eigenvalue weighted by Gasteiger charge is 2.15. The second-order valence-electron chi connectivity index (χ2n) is 4.75. The number of aromatic nitrogens is 4. The highest BCUT2D eigenvalue weighted by Crippen LogP contribution is 2.21. The Balaban J connectivity index is 1.79. The van der Waals surface area contributed by atoms with Gasteiger partial charge in [-0.05, 0) is 36.5 Å². The molecule has 3 aromatic heterocycles. The number of hydrogen-bond acceptors (Lipinski definition) is 6. The van der Waals surface area contributed by atoms with Gasteiger partial charge >= 0.3 is 0 Å². The first-order valence-corrected chi connectivity index (χ1v) is 7.26. The molecule has 0 amide bonds. The maximum absolute atomic E-state index is 4.34. The number of anilines is 1.